The molecule has 0 fully saturated rings. The third kappa shape index (κ3) is 3.75. The molecule has 1 aromatic rings. The Morgan fingerprint density at radius 2 is 2.25 bits per heavy atom. The van der Waals surface area contributed by atoms with Gasteiger partial charge in [0.2, 0.25) is 0 Å². The zero-order valence-corrected chi connectivity index (χ0v) is 12.7. The molecule has 0 spiro atoms. The van der Waals surface area contributed by atoms with Crippen LogP contribution in [0.15, 0.2) is 5.38 Å². The van der Waals surface area contributed by atoms with Crippen molar-refractivity contribution in [3.8, 4) is 0 Å². The summed E-state index contributed by atoms with van der Waals surface area (Å²) >= 11 is 10.9. The fraction of sp³-hybridized carbons (Fsp3) is 0.545. The van der Waals surface area contributed by atoms with Gasteiger partial charge in [-0.25, -0.2) is 0 Å². The Balaban J connectivity index is 2.62. The lowest BCUT2D eigenvalue weighted by molar-refractivity contribution is 0.0943. The van der Waals surface area contributed by atoms with Crippen LogP contribution in [0.2, 0.25) is 5.02 Å². The molecule has 1 heterocycles. The predicted molar refractivity (Wildman–Crippen MR) is 74.0 cm³/mol. The summed E-state index contributed by atoms with van der Waals surface area (Å²) in [7, 11) is 0. The maximum Gasteiger partial charge on any atom is 0.263 e. The Bertz CT molecular complexity index is 378. The molecule has 1 amide bonds. The topological polar surface area (TPSA) is 29.1 Å². The molecule has 0 aromatic carbocycles. The molecule has 0 aliphatic heterocycles. The van der Waals surface area contributed by atoms with Crippen molar-refractivity contribution in [2.75, 3.05) is 0 Å². The standard InChI is InChI=1S/C11H15BrClNOS/c1-6-5-16-10(9(6)13)11(15)14-8(3)4-7(2)12/h5,7-8H,4H2,1-3H3,(H,14,15). The third-order valence-electron chi connectivity index (χ3n) is 2.16. The molecular weight excluding hydrogens is 310 g/mol. The van der Waals surface area contributed by atoms with Gasteiger partial charge in [0, 0.05) is 10.9 Å². The highest BCUT2D eigenvalue weighted by atomic mass is 79.9. The summed E-state index contributed by atoms with van der Waals surface area (Å²) in [6.07, 6.45) is 0.897. The van der Waals surface area contributed by atoms with Crippen molar-refractivity contribution in [1.82, 2.24) is 5.32 Å². The van der Waals surface area contributed by atoms with Gasteiger partial charge >= 0.3 is 0 Å². The van der Waals surface area contributed by atoms with Gasteiger partial charge in [-0.2, -0.15) is 0 Å². The molecule has 2 atom stereocenters. The molecule has 0 bridgehead atoms. The Morgan fingerprint density at radius 1 is 1.62 bits per heavy atom. The molecule has 0 saturated carbocycles. The molecule has 0 aliphatic rings. The van der Waals surface area contributed by atoms with E-state index < -0.39 is 0 Å². The fourth-order valence-electron chi connectivity index (χ4n) is 1.42. The van der Waals surface area contributed by atoms with Gasteiger partial charge in [-0.05, 0) is 31.2 Å². The zero-order chi connectivity index (χ0) is 12.3. The van der Waals surface area contributed by atoms with Crippen LogP contribution in [0.3, 0.4) is 0 Å². The van der Waals surface area contributed by atoms with E-state index in [1.54, 1.807) is 0 Å². The molecular formula is C11H15BrClNOS. The third-order valence-corrected chi connectivity index (χ3v) is 4.23. The van der Waals surface area contributed by atoms with Gasteiger partial charge in [0.1, 0.15) is 4.88 Å². The van der Waals surface area contributed by atoms with Crippen molar-refractivity contribution in [1.29, 1.82) is 0 Å². The first-order valence-corrected chi connectivity index (χ1v) is 7.27. The molecule has 0 saturated heterocycles. The van der Waals surface area contributed by atoms with E-state index in [9.17, 15) is 4.79 Å². The quantitative estimate of drug-likeness (QED) is 0.833. The first-order valence-electron chi connectivity index (χ1n) is 5.10. The zero-order valence-electron chi connectivity index (χ0n) is 9.51. The van der Waals surface area contributed by atoms with Crippen LogP contribution in [-0.4, -0.2) is 16.8 Å². The number of carbonyl (C=O) groups excluding carboxylic acids is 1. The Kier molecular flexibility index (Phi) is 5.28. The minimum atomic E-state index is -0.0799. The number of nitrogens with one attached hydrogen (secondary N) is 1. The number of hydrogen-bond donors (Lipinski definition) is 1. The number of halogens is 2. The van der Waals surface area contributed by atoms with Crippen molar-refractivity contribution < 1.29 is 4.79 Å². The van der Waals surface area contributed by atoms with Crippen LogP contribution in [-0.2, 0) is 0 Å². The number of carbonyl (C=O) groups is 1. The van der Waals surface area contributed by atoms with Crippen LogP contribution >= 0.6 is 38.9 Å². The number of rotatable bonds is 4. The molecule has 1 aromatic heterocycles. The highest BCUT2D eigenvalue weighted by molar-refractivity contribution is 9.09. The molecule has 16 heavy (non-hydrogen) atoms. The van der Waals surface area contributed by atoms with E-state index in [1.165, 1.54) is 11.3 Å². The van der Waals surface area contributed by atoms with Crippen LogP contribution < -0.4 is 5.32 Å². The summed E-state index contributed by atoms with van der Waals surface area (Å²) < 4.78 is 0. The summed E-state index contributed by atoms with van der Waals surface area (Å²) in [6, 6.07) is 0.139. The Morgan fingerprint density at radius 3 is 2.69 bits per heavy atom. The van der Waals surface area contributed by atoms with E-state index in [1.807, 2.05) is 19.2 Å². The Hall–Kier alpha value is -0.0600. The van der Waals surface area contributed by atoms with Gasteiger partial charge in [-0.3, -0.25) is 4.79 Å². The molecule has 1 rings (SSSR count). The number of aryl methyl sites for hydroxylation is 1. The second-order valence-corrected chi connectivity index (χ2v) is 6.77. The van der Waals surface area contributed by atoms with E-state index >= 15 is 0 Å². The molecule has 0 aliphatic carbocycles. The van der Waals surface area contributed by atoms with Crippen molar-refractivity contribution in [2.24, 2.45) is 0 Å². The van der Waals surface area contributed by atoms with Gasteiger partial charge < -0.3 is 5.32 Å². The average Bonchev–Trinajstić information content (AvgIpc) is 2.45. The first kappa shape index (κ1) is 14.0. The second-order valence-electron chi connectivity index (χ2n) is 3.95. The molecule has 2 nitrogen and oxygen atoms in total. The van der Waals surface area contributed by atoms with Gasteiger partial charge in [-0.15, -0.1) is 11.3 Å². The number of amides is 1. The summed E-state index contributed by atoms with van der Waals surface area (Å²) in [5.41, 5.74) is 0.957. The van der Waals surface area contributed by atoms with Crippen molar-refractivity contribution in [3.05, 3.63) is 20.8 Å². The first-order chi connectivity index (χ1) is 7.41. The summed E-state index contributed by atoms with van der Waals surface area (Å²) in [5.74, 6) is -0.0799. The Labute approximate surface area is 114 Å². The lowest BCUT2D eigenvalue weighted by atomic mass is 10.2. The minimum absolute atomic E-state index is 0.0799. The molecule has 2 unspecified atom stereocenters. The van der Waals surface area contributed by atoms with Gasteiger partial charge in [0.25, 0.3) is 5.91 Å². The highest BCUT2D eigenvalue weighted by Gasteiger charge is 2.17. The second kappa shape index (κ2) is 6.03. The van der Waals surface area contributed by atoms with Gasteiger partial charge in [0.15, 0.2) is 0 Å². The van der Waals surface area contributed by atoms with E-state index in [0.29, 0.717) is 14.7 Å². The van der Waals surface area contributed by atoms with Gasteiger partial charge in [-0.1, -0.05) is 34.5 Å². The lowest BCUT2D eigenvalue weighted by Gasteiger charge is -2.14. The smallest absolute Gasteiger partial charge is 0.263 e. The number of thiophene rings is 1. The van der Waals surface area contributed by atoms with Crippen molar-refractivity contribution >= 4 is 44.8 Å². The molecule has 0 radical (unpaired) electrons. The summed E-state index contributed by atoms with van der Waals surface area (Å²) in [5, 5.41) is 5.41. The maximum absolute atomic E-state index is 11.9. The molecule has 90 valence electrons. The van der Waals surface area contributed by atoms with Crippen LogP contribution in [0, 0.1) is 6.92 Å². The highest BCUT2D eigenvalue weighted by Crippen LogP contribution is 2.27. The van der Waals surface area contributed by atoms with Gasteiger partial charge in [0.05, 0.1) is 5.02 Å². The van der Waals surface area contributed by atoms with E-state index in [2.05, 4.69) is 28.2 Å². The van der Waals surface area contributed by atoms with Crippen molar-refractivity contribution in [3.63, 3.8) is 0 Å². The predicted octanol–water partition coefficient (Wildman–Crippen LogP) is 4.00. The molecule has 1 N–H and O–H groups in total. The number of hydrogen-bond acceptors (Lipinski definition) is 2. The maximum atomic E-state index is 11.9. The minimum Gasteiger partial charge on any atom is -0.349 e. The van der Waals surface area contributed by atoms with E-state index in [4.69, 9.17) is 11.6 Å². The average molecular weight is 325 g/mol. The normalized spacial score (nSPS) is 14.6. The molecule has 5 heteroatoms. The lowest BCUT2D eigenvalue weighted by Crippen LogP contribution is -2.33. The van der Waals surface area contributed by atoms with Crippen LogP contribution in [0.1, 0.15) is 35.5 Å². The van der Waals surface area contributed by atoms with Crippen LogP contribution in [0.25, 0.3) is 0 Å². The summed E-state index contributed by atoms with van der Waals surface area (Å²) in [4.78, 5) is 12.9. The van der Waals surface area contributed by atoms with Crippen molar-refractivity contribution in [2.45, 2.75) is 38.1 Å². The monoisotopic (exact) mass is 323 g/mol. The number of alkyl halides is 1. The van der Waals surface area contributed by atoms with E-state index in [0.717, 1.165) is 12.0 Å². The van der Waals surface area contributed by atoms with Crippen LogP contribution in [0.5, 0.6) is 0 Å². The SMILES string of the molecule is Cc1csc(C(=O)NC(C)CC(C)Br)c1Cl. The van der Waals surface area contributed by atoms with Crippen LogP contribution in [0.4, 0.5) is 0 Å². The fourth-order valence-corrected chi connectivity index (χ4v) is 3.16. The van der Waals surface area contributed by atoms with E-state index in [-0.39, 0.29) is 11.9 Å². The largest absolute Gasteiger partial charge is 0.349 e. The summed E-state index contributed by atoms with van der Waals surface area (Å²) in [6.45, 7) is 5.95.